The minimum absolute atomic E-state index is 0.0660. The van der Waals surface area contributed by atoms with Gasteiger partial charge in [0.15, 0.2) is 5.78 Å². The Balaban J connectivity index is 1.70. The molecule has 3 rings (SSSR count). The van der Waals surface area contributed by atoms with Gasteiger partial charge in [-0.1, -0.05) is 12.1 Å². The van der Waals surface area contributed by atoms with Crippen LogP contribution >= 0.6 is 0 Å². The summed E-state index contributed by atoms with van der Waals surface area (Å²) in [4.78, 5) is 25.7. The van der Waals surface area contributed by atoms with E-state index in [0.717, 1.165) is 19.1 Å². The van der Waals surface area contributed by atoms with E-state index in [2.05, 4.69) is 10.0 Å². The number of anilines is 1. The van der Waals surface area contributed by atoms with Gasteiger partial charge in [0, 0.05) is 23.8 Å². The molecule has 1 aliphatic heterocycles. The van der Waals surface area contributed by atoms with Gasteiger partial charge in [-0.25, -0.2) is 17.9 Å². The predicted molar refractivity (Wildman–Crippen MR) is 90.5 cm³/mol. The molecule has 1 saturated heterocycles. The van der Waals surface area contributed by atoms with Crippen molar-refractivity contribution in [2.45, 2.75) is 31.8 Å². The van der Waals surface area contributed by atoms with Gasteiger partial charge in [0.25, 0.3) is 0 Å². The molecule has 1 heterocycles. The third-order valence-electron chi connectivity index (χ3n) is 4.63. The first-order valence-corrected chi connectivity index (χ1v) is 9.78. The number of likely N-dealkylation sites (tertiary alicyclic amines) is 1. The molecule has 2 bridgehead atoms. The molecule has 1 aliphatic carbocycles. The van der Waals surface area contributed by atoms with Crippen molar-refractivity contribution >= 4 is 27.5 Å². The van der Waals surface area contributed by atoms with Crippen molar-refractivity contribution < 1.29 is 18.0 Å². The second-order valence-electron chi connectivity index (χ2n) is 6.62. The molecule has 130 valence electrons. The van der Waals surface area contributed by atoms with Gasteiger partial charge in [0.2, 0.25) is 10.0 Å². The number of nitrogens with one attached hydrogen (secondary N) is 2. The van der Waals surface area contributed by atoms with Crippen molar-refractivity contribution in [3.05, 3.63) is 29.8 Å². The Kier molecular flexibility index (Phi) is 4.35. The zero-order chi connectivity index (χ0) is 17.5. The van der Waals surface area contributed by atoms with Crippen molar-refractivity contribution in [2.24, 2.45) is 5.92 Å². The fourth-order valence-corrected chi connectivity index (χ4v) is 4.47. The second kappa shape index (κ2) is 6.18. The molecular formula is C16H21N3O4S. The molecule has 1 aromatic carbocycles. The molecule has 24 heavy (non-hydrogen) atoms. The van der Waals surface area contributed by atoms with Gasteiger partial charge in [0.1, 0.15) is 0 Å². The first-order chi connectivity index (χ1) is 11.2. The molecule has 8 heteroatoms. The van der Waals surface area contributed by atoms with Crippen LogP contribution in [0.3, 0.4) is 0 Å². The highest BCUT2D eigenvalue weighted by Gasteiger charge is 2.47. The number of nitrogens with zero attached hydrogens (tertiary/aromatic N) is 1. The summed E-state index contributed by atoms with van der Waals surface area (Å²) in [6.45, 7) is 2.10. The predicted octanol–water partition coefficient (Wildman–Crippen LogP) is 1.43. The molecule has 3 unspecified atom stereocenters. The van der Waals surface area contributed by atoms with Crippen LogP contribution in [-0.2, 0) is 10.0 Å². The largest absolute Gasteiger partial charge is 0.322 e. The maximum Gasteiger partial charge on any atom is 0.322 e. The lowest BCUT2D eigenvalue weighted by Gasteiger charge is -2.33. The average molecular weight is 351 g/mol. The number of fused-ring (bicyclic) bond motifs is 2. The highest BCUT2D eigenvalue weighted by atomic mass is 32.2. The lowest BCUT2D eigenvalue weighted by molar-refractivity contribution is 0.101. The molecule has 1 aromatic rings. The van der Waals surface area contributed by atoms with Gasteiger partial charge in [-0.05, 0) is 37.8 Å². The Morgan fingerprint density at radius 3 is 2.62 bits per heavy atom. The fraction of sp³-hybridized carbons (Fsp3) is 0.500. The van der Waals surface area contributed by atoms with E-state index in [4.69, 9.17) is 0 Å². The third-order valence-corrected chi connectivity index (χ3v) is 5.36. The van der Waals surface area contributed by atoms with Crippen molar-refractivity contribution in [3.63, 3.8) is 0 Å². The molecule has 2 aliphatic rings. The second-order valence-corrected chi connectivity index (χ2v) is 8.40. The molecular weight excluding hydrogens is 330 g/mol. The number of hydrogen-bond donors (Lipinski definition) is 2. The van der Waals surface area contributed by atoms with Crippen molar-refractivity contribution in [2.75, 3.05) is 18.1 Å². The van der Waals surface area contributed by atoms with Gasteiger partial charge in [-0.15, -0.1) is 0 Å². The highest BCUT2D eigenvalue weighted by molar-refractivity contribution is 7.88. The summed E-state index contributed by atoms with van der Waals surface area (Å²) in [7, 11) is -3.30. The number of ketones is 1. The van der Waals surface area contributed by atoms with Crippen LogP contribution in [0.5, 0.6) is 0 Å². The lowest BCUT2D eigenvalue weighted by atomic mass is 10.1. The normalized spacial score (nSPS) is 25.8. The summed E-state index contributed by atoms with van der Waals surface area (Å²) in [6.07, 6.45) is 2.71. The number of urea groups is 1. The fourth-order valence-electron chi connectivity index (χ4n) is 3.67. The summed E-state index contributed by atoms with van der Waals surface area (Å²) in [6, 6.07) is 6.17. The first kappa shape index (κ1) is 16.9. The van der Waals surface area contributed by atoms with E-state index in [9.17, 15) is 18.0 Å². The van der Waals surface area contributed by atoms with E-state index in [1.165, 1.54) is 6.92 Å². The molecule has 2 N–H and O–H groups in total. The van der Waals surface area contributed by atoms with Gasteiger partial charge in [-0.2, -0.15) is 0 Å². The quantitative estimate of drug-likeness (QED) is 0.802. The summed E-state index contributed by atoms with van der Waals surface area (Å²) in [5, 5.41) is 2.80. The van der Waals surface area contributed by atoms with Crippen LogP contribution in [0.25, 0.3) is 0 Å². The van der Waals surface area contributed by atoms with Crippen molar-refractivity contribution in [3.8, 4) is 0 Å². The van der Waals surface area contributed by atoms with Crippen LogP contribution in [0.1, 0.15) is 30.1 Å². The number of rotatable bonds is 4. The SMILES string of the molecule is CC(=O)c1cccc(NC(=O)N2CC3CC(NS(C)(=O)=O)C2C3)c1. The first-order valence-electron chi connectivity index (χ1n) is 7.89. The van der Waals surface area contributed by atoms with E-state index in [1.54, 1.807) is 29.2 Å². The standard InChI is InChI=1S/C16H21N3O4S/c1-10(20)12-4-3-5-13(8-12)17-16(21)19-9-11-6-14(15(19)7-11)18-24(2,22)23/h3-5,8,11,14-15,18H,6-7,9H2,1-2H3,(H,17,21). The minimum atomic E-state index is -3.30. The number of sulfonamides is 1. The van der Waals surface area contributed by atoms with Crippen molar-refractivity contribution in [1.82, 2.24) is 9.62 Å². The van der Waals surface area contributed by atoms with E-state index >= 15 is 0 Å². The topological polar surface area (TPSA) is 95.6 Å². The smallest absolute Gasteiger partial charge is 0.320 e. The molecule has 0 spiro atoms. The summed E-state index contributed by atoms with van der Waals surface area (Å²) < 4.78 is 25.6. The molecule has 1 saturated carbocycles. The van der Waals surface area contributed by atoms with Crippen LogP contribution in [0.2, 0.25) is 0 Å². The third kappa shape index (κ3) is 3.59. The zero-order valence-electron chi connectivity index (χ0n) is 13.7. The van der Waals surface area contributed by atoms with Gasteiger partial charge in [0.05, 0.1) is 12.3 Å². The molecule has 0 aromatic heterocycles. The number of benzene rings is 1. The molecule has 2 fully saturated rings. The monoisotopic (exact) mass is 351 g/mol. The summed E-state index contributed by atoms with van der Waals surface area (Å²) >= 11 is 0. The van der Waals surface area contributed by atoms with Gasteiger partial charge in [-0.3, -0.25) is 4.79 Å². The van der Waals surface area contributed by atoms with Crippen molar-refractivity contribution in [1.29, 1.82) is 0 Å². The van der Waals surface area contributed by atoms with Gasteiger partial charge >= 0.3 is 6.03 Å². The molecule has 7 nitrogen and oxygen atoms in total. The molecule has 3 atom stereocenters. The Morgan fingerprint density at radius 2 is 2.00 bits per heavy atom. The number of carbonyl (C=O) groups excluding carboxylic acids is 2. The van der Waals surface area contributed by atoms with Crippen LogP contribution in [-0.4, -0.2) is 50.0 Å². The number of Topliss-reactive ketones (excluding diaryl/α,β-unsaturated/α-hetero) is 1. The van der Waals surface area contributed by atoms with E-state index in [0.29, 0.717) is 23.7 Å². The number of hydrogen-bond acceptors (Lipinski definition) is 4. The Hall–Kier alpha value is -1.93. The zero-order valence-corrected chi connectivity index (χ0v) is 14.5. The maximum atomic E-state index is 12.5. The van der Waals surface area contributed by atoms with Crippen LogP contribution < -0.4 is 10.0 Å². The summed E-state index contributed by atoms with van der Waals surface area (Å²) in [5.41, 5.74) is 1.09. The van der Waals surface area contributed by atoms with Crippen LogP contribution in [0.15, 0.2) is 24.3 Å². The maximum absolute atomic E-state index is 12.5. The highest BCUT2D eigenvalue weighted by Crippen LogP contribution is 2.38. The Labute approximate surface area is 141 Å². The average Bonchev–Trinajstić information content (AvgIpc) is 3.05. The lowest BCUT2D eigenvalue weighted by Crippen LogP contribution is -2.52. The summed E-state index contributed by atoms with van der Waals surface area (Å²) in [5.74, 6) is 0.257. The van der Waals surface area contributed by atoms with Crippen LogP contribution in [0, 0.1) is 5.92 Å². The Bertz CT molecular complexity index is 777. The van der Waals surface area contributed by atoms with E-state index < -0.39 is 10.0 Å². The number of amides is 2. The molecule has 0 radical (unpaired) electrons. The van der Waals surface area contributed by atoms with Gasteiger partial charge < -0.3 is 10.2 Å². The minimum Gasteiger partial charge on any atom is -0.320 e. The van der Waals surface area contributed by atoms with Crippen LogP contribution in [0.4, 0.5) is 10.5 Å². The Morgan fingerprint density at radius 1 is 1.25 bits per heavy atom. The van der Waals surface area contributed by atoms with E-state index in [1.807, 2.05) is 0 Å². The van der Waals surface area contributed by atoms with E-state index in [-0.39, 0.29) is 23.9 Å². The number of carbonyl (C=O) groups is 2. The molecule has 2 amide bonds. The number of piperidine rings is 1.